The van der Waals surface area contributed by atoms with Crippen molar-refractivity contribution < 1.29 is 9.59 Å². The zero-order chi connectivity index (χ0) is 16.1. The largest absolute Gasteiger partial charge is 0.349 e. The predicted molar refractivity (Wildman–Crippen MR) is 93.1 cm³/mol. The summed E-state index contributed by atoms with van der Waals surface area (Å²) < 4.78 is 0. The molecular weight excluding hydrogens is 308 g/mol. The highest BCUT2D eigenvalue weighted by Crippen LogP contribution is 2.20. The Morgan fingerprint density at radius 3 is 2.52 bits per heavy atom. The molecule has 0 bridgehead atoms. The van der Waals surface area contributed by atoms with Crippen molar-refractivity contribution in [2.24, 2.45) is 0 Å². The van der Waals surface area contributed by atoms with E-state index in [2.05, 4.69) is 10.6 Å². The van der Waals surface area contributed by atoms with Crippen LogP contribution in [0.4, 0.5) is 5.69 Å². The minimum Gasteiger partial charge on any atom is -0.349 e. The van der Waals surface area contributed by atoms with Crippen LogP contribution >= 0.6 is 11.3 Å². The van der Waals surface area contributed by atoms with Gasteiger partial charge in [0.25, 0.3) is 11.8 Å². The molecule has 0 saturated heterocycles. The van der Waals surface area contributed by atoms with Crippen molar-refractivity contribution in [3.05, 3.63) is 52.2 Å². The van der Waals surface area contributed by atoms with E-state index in [1.54, 1.807) is 23.6 Å². The van der Waals surface area contributed by atoms with Crippen LogP contribution in [0, 0.1) is 0 Å². The molecule has 2 amide bonds. The number of carbonyl (C=O) groups excluding carboxylic acids is 2. The van der Waals surface area contributed by atoms with Crippen molar-refractivity contribution in [1.82, 2.24) is 5.32 Å². The fourth-order valence-corrected chi connectivity index (χ4v) is 3.52. The summed E-state index contributed by atoms with van der Waals surface area (Å²) in [5.41, 5.74) is 1.68. The van der Waals surface area contributed by atoms with Crippen LogP contribution in [0.5, 0.6) is 0 Å². The van der Waals surface area contributed by atoms with Gasteiger partial charge in [-0.25, -0.2) is 0 Å². The van der Waals surface area contributed by atoms with Crippen LogP contribution in [0.1, 0.15) is 52.8 Å². The molecule has 2 aromatic rings. The van der Waals surface area contributed by atoms with E-state index in [9.17, 15) is 9.59 Å². The first-order chi connectivity index (χ1) is 11.2. The molecule has 1 fully saturated rings. The number of anilines is 1. The van der Waals surface area contributed by atoms with E-state index in [1.165, 1.54) is 30.6 Å². The maximum atomic E-state index is 12.5. The molecule has 3 rings (SSSR count). The number of para-hydroxylation sites is 1. The van der Waals surface area contributed by atoms with Gasteiger partial charge in [0.15, 0.2) is 0 Å². The molecule has 0 aliphatic heterocycles. The van der Waals surface area contributed by atoms with Crippen LogP contribution in [0.15, 0.2) is 41.1 Å². The Kier molecular flexibility index (Phi) is 5.08. The van der Waals surface area contributed by atoms with Crippen LogP contribution in [-0.2, 0) is 0 Å². The zero-order valence-electron chi connectivity index (χ0n) is 12.9. The normalized spacial score (nSPS) is 15.1. The van der Waals surface area contributed by atoms with Crippen molar-refractivity contribution in [2.75, 3.05) is 5.32 Å². The van der Waals surface area contributed by atoms with E-state index in [0.29, 0.717) is 16.8 Å². The summed E-state index contributed by atoms with van der Waals surface area (Å²) in [6.07, 6.45) is 5.66. The predicted octanol–water partition coefficient (Wildman–Crippen LogP) is 4.06. The Bertz CT molecular complexity index is 676. The second-order valence-corrected chi connectivity index (χ2v) is 6.60. The molecule has 1 aliphatic rings. The highest BCUT2D eigenvalue weighted by molar-refractivity contribution is 7.08. The number of nitrogens with one attached hydrogen (secondary N) is 2. The molecule has 1 aromatic carbocycles. The van der Waals surface area contributed by atoms with Crippen LogP contribution in [0.25, 0.3) is 0 Å². The maximum absolute atomic E-state index is 12.5. The van der Waals surface area contributed by atoms with Crippen molar-refractivity contribution in [3.8, 4) is 0 Å². The van der Waals surface area contributed by atoms with Crippen LogP contribution in [0.2, 0.25) is 0 Å². The standard InChI is InChI=1S/C18H20N2O2S/c21-17(13-10-11-23-12-13)20-16-9-5-4-8-15(16)18(22)19-14-6-2-1-3-7-14/h4-5,8-12,14H,1-3,6-7H2,(H,19,22)(H,20,21). The molecule has 0 atom stereocenters. The summed E-state index contributed by atoms with van der Waals surface area (Å²) in [4.78, 5) is 24.7. The second kappa shape index (κ2) is 7.42. The Hall–Kier alpha value is -2.14. The van der Waals surface area contributed by atoms with Crippen molar-refractivity contribution >= 4 is 28.8 Å². The van der Waals surface area contributed by atoms with E-state index in [1.807, 2.05) is 17.5 Å². The lowest BCUT2D eigenvalue weighted by Gasteiger charge is -2.23. The first kappa shape index (κ1) is 15.7. The lowest BCUT2D eigenvalue weighted by atomic mass is 9.95. The first-order valence-corrected chi connectivity index (χ1v) is 8.92. The SMILES string of the molecule is O=C(Nc1ccccc1C(=O)NC1CCCCC1)c1ccsc1. The lowest BCUT2D eigenvalue weighted by Crippen LogP contribution is -2.36. The molecule has 5 heteroatoms. The van der Waals surface area contributed by atoms with Gasteiger partial charge in [-0.3, -0.25) is 9.59 Å². The molecule has 2 N–H and O–H groups in total. The monoisotopic (exact) mass is 328 g/mol. The molecule has 1 heterocycles. The van der Waals surface area contributed by atoms with E-state index in [0.717, 1.165) is 12.8 Å². The summed E-state index contributed by atoms with van der Waals surface area (Å²) in [7, 11) is 0. The molecule has 0 spiro atoms. The van der Waals surface area contributed by atoms with Crippen LogP contribution < -0.4 is 10.6 Å². The molecule has 0 unspecified atom stereocenters. The summed E-state index contributed by atoms with van der Waals surface area (Å²) in [5.74, 6) is -0.303. The van der Waals surface area contributed by atoms with Gasteiger partial charge in [0.1, 0.15) is 0 Å². The average Bonchev–Trinajstić information content (AvgIpc) is 3.11. The highest BCUT2D eigenvalue weighted by atomic mass is 32.1. The van der Waals surface area contributed by atoms with Gasteiger partial charge in [-0.2, -0.15) is 11.3 Å². The van der Waals surface area contributed by atoms with Crippen LogP contribution in [0.3, 0.4) is 0 Å². The second-order valence-electron chi connectivity index (χ2n) is 5.82. The molecule has 0 radical (unpaired) electrons. The van der Waals surface area contributed by atoms with Crippen molar-refractivity contribution in [1.29, 1.82) is 0 Å². The van der Waals surface area contributed by atoms with Crippen molar-refractivity contribution in [3.63, 3.8) is 0 Å². The lowest BCUT2D eigenvalue weighted by molar-refractivity contribution is 0.0928. The maximum Gasteiger partial charge on any atom is 0.256 e. The topological polar surface area (TPSA) is 58.2 Å². The Balaban J connectivity index is 1.72. The number of rotatable bonds is 4. The van der Waals surface area contributed by atoms with Gasteiger partial charge in [0.05, 0.1) is 16.8 Å². The van der Waals surface area contributed by atoms with E-state index < -0.39 is 0 Å². The third kappa shape index (κ3) is 3.99. The van der Waals surface area contributed by atoms with Gasteiger partial charge in [-0.15, -0.1) is 0 Å². The molecule has 1 aliphatic carbocycles. The fraction of sp³-hybridized carbons (Fsp3) is 0.333. The number of hydrogen-bond acceptors (Lipinski definition) is 3. The van der Waals surface area contributed by atoms with E-state index in [-0.39, 0.29) is 17.9 Å². The highest BCUT2D eigenvalue weighted by Gasteiger charge is 2.19. The number of carbonyl (C=O) groups is 2. The first-order valence-electron chi connectivity index (χ1n) is 7.97. The van der Waals surface area contributed by atoms with Gasteiger partial charge in [0, 0.05) is 11.4 Å². The average molecular weight is 328 g/mol. The van der Waals surface area contributed by atoms with Crippen LogP contribution in [-0.4, -0.2) is 17.9 Å². The third-order valence-corrected chi connectivity index (χ3v) is 4.83. The molecule has 1 saturated carbocycles. The minimum absolute atomic E-state index is 0.113. The number of thiophene rings is 1. The molecule has 120 valence electrons. The molecule has 4 nitrogen and oxygen atoms in total. The summed E-state index contributed by atoms with van der Waals surface area (Å²) in [5, 5.41) is 9.58. The quantitative estimate of drug-likeness (QED) is 0.889. The number of hydrogen-bond donors (Lipinski definition) is 2. The number of benzene rings is 1. The van der Waals surface area contributed by atoms with Gasteiger partial charge in [0.2, 0.25) is 0 Å². The van der Waals surface area contributed by atoms with E-state index >= 15 is 0 Å². The van der Waals surface area contributed by atoms with Gasteiger partial charge in [-0.1, -0.05) is 31.4 Å². The van der Waals surface area contributed by atoms with Gasteiger partial charge in [-0.05, 0) is 36.4 Å². The molecule has 23 heavy (non-hydrogen) atoms. The van der Waals surface area contributed by atoms with Gasteiger partial charge < -0.3 is 10.6 Å². The minimum atomic E-state index is -0.191. The van der Waals surface area contributed by atoms with Crippen molar-refractivity contribution in [2.45, 2.75) is 38.1 Å². The third-order valence-electron chi connectivity index (χ3n) is 4.14. The molecular formula is C18H20N2O2S. The molecule has 1 aromatic heterocycles. The summed E-state index contributed by atoms with van der Waals surface area (Å²) in [6, 6.07) is 9.17. The number of amides is 2. The smallest absolute Gasteiger partial charge is 0.256 e. The fourth-order valence-electron chi connectivity index (χ4n) is 2.89. The summed E-state index contributed by atoms with van der Waals surface area (Å²) >= 11 is 1.47. The Morgan fingerprint density at radius 2 is 1.78 bits per heavy atom. The Labute approximate surface area is 139 Å². The zero-order valence-corrected chi connectivity index (χ0v) is 13.7. The van der Waals surface area contributed by atoms with Gasteiger partial charge >= 0.3 is 0 Å². The Morgan fingerprint density at radius 1 is 1.00 bits per heavy atom. The summed E-state index contributed by atoms with van der Waals surface area (Å²) in [6.45, 7) is 0. The van der Waals surface area contributed by atoms with E-state index in [4.69, 9.17) is 0 Å².